The smallest absolute Gasteiger partial charge is 0.177 e. The molecule has 5 heteroatoms. The van der Waals surface area contributed by atoms with Gasteiger partial charge in [-0.3, -0.25) is 10.4 Å². The van der Waals surface area contributed by atoms with Crippen molar-refractivity contribution in [1.29, 1.82) is 0 Å². The first-order chi connectivity index (χ1) is 10.3. The van der Waals surface area contributed by atoms with E-state index in [-0.39, 0.29) is 0 Å². The number of nitrogens with one attached hydrogen (secondary N) is 2. The van der Waals surface area contributed by atoms with Gasteiger partial charge in [0.1, 0.15) is 0 Å². The summed E-state index contributed by atoms with van der Waals surface area (Å²) in [6.45, 7) is 2.19. The number of hydrogen-bond donors (Lipinski definition) is 2. The van der Waals surface area contributed by atoms with Crippen molar-refractivity contribution in [2.75, 3.05) is 5.75 Å². The zero-order chi connectivity index (χ0) is 14.2. The average molecular weight is 298 g/mol. The molecule has 2 N–H and O–H groups in total. The molecule has 0 amide bonds. The Morgan fingerprint density at radius 3 is 3.00 bits per heavy atom. The Bertz CT molecular complexity index is 740. The molecule has 0 saturated heterocycles. The van der Waals surface area contributed by atoms with Crippen LogP contribution in [0.1, 0.15) is 30.9 Å². The summed E-state index contributed by atoms with van der Waals surface area (Å²) in [5, 5.41) is 6.76. The maximum absolute atomic E-state index is 4.61. The number of aryl methyl sites for hydroxylation is 1. The van der Waals surface area contributed by atoms with Gasteiger partial charge in [-0.15, -0.1) is 0 Å². The molecule has 4 rings (SSSR count). The van der Waals surface area contributed by atoms with E-state index in [0.29, 0.717) is 6.04 Å². The lowest BCUT2D eigenvalue weighted by Gasteiger charge is -2.14. The molecule has 21 heavy (non-hydrogen) atoms. The summed E-state index contributed by atoms with van der Waals surface area (Å²) in [6.07, 6.45) is 5.57. The molecule has 1 aliphatic heterocycles. The van der Waals surface area contributed by atoms with Crippen LogP contribution in [0.15, 0.2) is 34.5 Å². The van der Waals surface area contributed by atoms with Crippen LogP contribution in [0.2, 0.25) is 0 Å². The molecule has 1 saturated carbocycles. The molecule has 0 bridgehead atoms. The fourth-order valence-electron chi connectivity index (χ4n) is 2.64. The first-order valence-corrected chi connectivity index (χ1v) is 8.46. The highest BCUT2D eigenvalue weighted by molar-refractivity contribution is 8.14. The summed E-state index contributed by atoms with van der Waals surface area (Å²) >= 11 is 1.75. The fraction of sp³-hybridized carbons (Fsp3) is 0.375. The standard InChI is InChI=1S/C16H18N4S/c1-2-10-4-3-5-12-13(8-17-15(10)12)14-9-21-16(20-19-14)18-11-6-7-11/h3-5,8,11,17H,2,6-7,9H2,1H3,(H,18,20). The number of hydrogen-bond acceptors (Lipinski definition) is 3. The highest BCUT2D eigenvalue weighted by Gasteiger charge is 2.23. The van der Waals surface area contributed by atoms with Crippen LogP contribution in [0.5, 0.6) is 0 Å². The lowest BCUT2D eigenvalue weighted by molar-refractivity contribution is 0.985. The van der Waals surface area contributed by atoms with Crippen LogP contribution in [-0.4, -0.2) is 27.7 Å². The quantitative estimate of drug-likeness (QED) is 0.913. The summed E-state index contributed by atoms with van der Waals surface area (Å²) < 4.78 is 0. The second kappa shape index (κ2) is 5.22. The van der Waals surface area contributed by atoms with Crippen molar-refractivity contribution < 1.29 is 0 Å². The normalized spacial score (nSPS) is 20.6. The molecule has 4 nitrogen and oxygen atoms in total. The average Bonchev–Trinajstić information content (AvgIpc) is 3.23. The second-order valence-corrected chi connectivity index (χ2v) is 6.48. The van der Waals surface area contributed by atoms with E-state index in [9.17, 15) is 0 Å². The van der Waals surface area contributed by atoms with Crippen molar-refractivity contribution in [2.45, 2.75) is 32.2 Å². The molecule has 0 atom stereocenters. The topological polar surface area (TPSA) is 52.5 Å². The first kappa shape index (κ1) is 13.0. The van der Waals surface area contributed by atoms with Crippen LogP contribution in [-0.2, 0) is 6.42 Å². The Morgan fingerprint density at radius 2 is 2.29 bits per heavy atom. The molecule has 1 fully saturated rings. The van der Waals surface area contributed by atoms with Gasteiger partial charge in [-0.1, -0.05) is 36.9 Å². The highest BCUT2D eigenvalue weighted by Crippen LogP contribution is 2.27. The Hall–Kier alpha value is -1.75. The fourth-order valence-corrected chi connectivity index (χ4v) is 3.47. The van der Waals surface area contributed by atoms with E-state index in [1.807, 2.05) is 0 Å². The van der Waals surface area contributed by atoms with Gasteiger partial charge in [-0.25, -0.2) is 0 Å². The molecule has 2 aromatic rings. The number of amidine groups is 1. The number of para-hydroxylation sites is 1. The molecule has 1 aliphatic carbocycles. The van der Waals surface area contributed by atoms with Gasteiger partial charge < -0.3 is 4.98 Å². The van der Waals surface area contributed by atoms with Crippen molar-refractivity contribution in [1.82, 2.24) is 10.4 Å². The number of aromatic nitrogens is 1. The van der Waals surface area contributed by atoms with Gasteiger partial charge >= 0.3 is 0 Å². The number of fused-ring (bicyclic) bond motifs is 1. The minimum Gasteiger partial charge on any atom is -0.360 e. The summed E-state index contributed by atoms with van der Waals surface area (Å²) in [5.41, 5.74) is 7.99. The minimum absolute atomic E-state index is 0.539. The molecule has 0 spiro atoms. The van der Waals surface area contributed by atoms with Gasteiger partial charge in [0.05, 0.1) is 11.8 Å². The van der Waals surface area contributed by atoms with E-state index in [1.54, 1.807) is 11.8 Å². The van der Waals surface area contributed by atoms with Crippen molar-refractivity contribution in [3.63, 3.8) is 0 Å². The Balaban J connectivity index is 1.66. The van der Waals surface area contributed by atoms with Crippen LogP contribution in [0.4, 0.5) is 0 Å². The van der Waals surface area contributed by atoms with Gasteiger partial charge in [0.25, 0.3) is 0 Å². The van der Waals surface area contributed by atoms with Crippen LogP contribution in [0.3, 0.4) is 0 Å². The predicted molar refractivity (Wildman–Crippen MR) is 90.3 cm³/mol. The molecule has 2 heterocycles. The van der Waals surface area contributed by atoms with Crippen molar-refractivity contribution in [3.8, 4) is 0 Å². The Labute approximate surface area is 128 Å². The zero-order valence-electron chi connectivity index (χ0n) is 12.0. The van der Waals surface area contributed by atoms with Crippen molar-refractivity contribution in [2.24, 2.45) is 10.1 Å². The monoisotopic (exact) mass is 298 g/mol. The van der Waals surface area contributed by atoms with E-state index in [4.69, 9.17) is 0 Å². The number of nitrogens with zero attached hydrogens (tertiary/aromatic N) is 2. The van der Waals surface area contributed by atoms with Crippen LogP contribution in [0, 0.1) is 0 Å². The molecule has 1 aromatic heterocycles. The predicted octanol–water partition coefficient (Wildman–Crippen LogP) is 3.29. The van der Waals surface area contributed by atoms with Gasteiger partial charge in [-0.2, -0.15) is 5.10 Å². The van der Waals surface area contributed by atoms with Gasteiger partial charge in [0, 0.05) is 28.4 Å². The van der Waals surface area contributed by atoms with E-state index in [2.05, 4.69) is 51.8 Å². The Morgan fingerprint density at radius 1 is 1.38 bits per heavy atom. The number of thioether (sulfide) groups is 1. The molecule has 0 radical (unpaired) electrons. The highest BCUT2D eigenvalue weighted by atomic mass is 32.2. The van der Waals surface area contributed by atoms with Crippen LogP contribution in [0.25, 0.3) is 10.9 Å². The van der Waals surface area contributed by atoms with E-state index in [0.717, 1.165) is 23.1 Å². The number of aliphatic imine (C=N–C) groups is 1. The molecule has 108 valence electrons. The number of aromatic amines is 1. The molecular formula is C16H18N4S. The maximum Gasteiger partial charge on any atom is 0.177 e. The second-order valence-electron chi connectivity index (χ2n) is 5.52. The lowest BCUT2D eigenvalue weighted by atomic mass is 10.1. The molecular weight excluding hydrogens is 280 g/mol. The summed E-state index contributed by atoms with van der Waals surface area (Å²) in [6, 6.07) is 7.01. The third-order valence-corrected chi connectivity index (χ3v) is 4.86. The SMILES string of the molecule is CCc1cccc2c(C3=NNC(=NC4CC4)SC3)c[nH]c12. The number of benzene rings is 1. The number of H-pyrrole nitrogens is 1. The number of rotatable bonds is 3. The van der Waals surface area contributed by atoms with Gasteiger partial charge in [0.2, 0.25) is 0 Å². The molecule has 0 unspecified atom stereocenters. The third kappa shape index (κ3) is 2.46. The lowest BCUT2D eigenvalue weighted by Crippen LogP contribution is -2.25. The summed E-state index contributed by atoms with van der Waals surface area (Å²) in [7, 11) is 0. The third-order valence-electron chi connectivity index (χ3n) is 3.97. The summed E-state index contributed by atoms with van der Waals surface area (Å²) in [4.78, 5) is 8.02. The van der Waals surface area contributed by atoms with Gasteiger partial charge in [-0.05, 0) is 24.8 Å². The minimum atomic E-state index is 0.539. The van der Waals surface area contributed by atoms with E-state index >= 15 is 0 Å². The first-order valence-electron chi connectivity index (χ1n) is 7.47. The molecule has 1 aromatic carbocycles. The zero-order valence-corrected chi connectivity index (χ0v) is 12.8. The van der Waals surface area contributed by atoms with Crippen molar-refractivity contribution in [3.05, 3.63) is 35.5 Å². The van der Waals surface area contributed by atoms with E-state index < -0.39 is 0 Å². The number of hydrazone groups is 1. The van der Waals surface area contributed by atoms with Gasteiger partial charge in [0.15, 0.2) is 5.17 Å². The largest absolute Gasteiger partial charge is 0.360 e. The maximum atomic E-state index is 4.61. The van der Waals surface area contributed by atoms with Crippen molar-refractivity contribution >= 4 is 33.5 Å². The van der Waals surface area contributed by atoms with Crippen LogP contribution < -0.4 is 5.43 Å². The Kier molecular flexibility index (Phi) is 3.22. The summed E-state index contributed by atoms with van der Waals surface area (Å²) in [5.74, 6) is 0.877. The molecule has 2 aliphatic rings. The van der Waals surface area contributed by atoms with E-state index in [1.165, 1.54) is 34.9 Å². The van der Waals surface area contributed by atoms with Crippen LogP contribution >= 0.6 is 11.8 Å².